The van der Waals surface area contributed by atoms with Crippen LogP contribution in [-0.4, -0.2) is 21.1 Å². The van der Waals surface area contributed by atoms with Gasteiger partial charge in [-0.05, 0) is 84.8 Å². The fourth-order valence-electron chi connectivity index (χ4n) is 4.25. The highest BCUT2D eigenvalue weighted by Crippen LogP contribution is 2.34. The van der Waals surface area contributed by atoms with Crippen molar-refractivity contribution in [2.45, 2.75) is 50.1 Å². The molecule has 0 atom stereocenters. The van der Waals surface area contributed by atoms with Crippen molar-refractivity contribution in [1.29, 1.82) is 0 Å². The fraction of sp³-hybridized carbons (Fsp3) is 0.233. The first-order valence-electron chi connectivity index (χ1n) is 12.1. The van der Waals surface area contributed by atoms with E-state index in [2.05, 4.69) is 49.3 Å². The Balaban J connectivity index is 1.54. The Hall–Kier alpha value is -3.07. The van der Waals surface area contributed by atoms with Gasteiger partial charge in [0.05, 0.1) is 12.3 Å². The smallest absolute Gasteiger partial charge is 0.313 e. The van der Waals surface area contributed by atoms with Crippen LogP contribution >= 0.6 is 23.7 Å². The molecule has 0 saturated heterocycles. The molecule has 3 aromatic carbocycles. The van der Waals surface area contributed by atoms with Crippen LogP contribution in [0.3, 0.4) is 0 Å². The molecule has 1 N–H and O–H groups in total. The molecular weight excluding hydrogens is 524 g/mol. The second-order valence-electron chi connectivity index (χ2n) is 9.13. The Morgan fingerprint density at radius 1 is 0.921 bits per heavy atom. The van der Waals surface area contributed by atoms with Crippen LogP contribution in [0, 0.1) is 20.8 Å². The molecule has 4 nitrogen and oxygen atoms in total. The summed E-state index contributed by atoms with van der Waals surface area (Å²) in [6, 6.07) is 23.3. The maximum Gasteiger partial charge on any atom is 0.313 e. The van der Waals surface area contributed by atoms with Crippen LogP contribution in [-0.2, 0) is 17.9 Å². The van der Waals surface area contributed by atoms with Gasteiger partial charge in [0, 0.05) is 16.3 Å². The highest BCUT2D eigenvalue weighted by molar-refractivity contribution is 8.00. The third-order valence-electron chi connectivity index (χ3n) is 5.90. The number of hydrogen-bond donors (Lipinski definition) is 1. The van der Waals surface area contributed by atoms with Gasteiger partial charge in [-0.2, -0.15) is 0 Å². The van der Waals surface area contributed by atoms with Crippen LogP contribution in [0.4, 0.5) is 8.78 Å². The lowest BCUT2D eigenvalue weighted by Crippen LogP contribution is -2.15. The molecule has 1 aromatic heterocycles. The maximum atomic E-state index is 13.1. The number of aliphatic carboxylic acids is 1. The van der Waals surface area contributed by atoms with E-state index in [1.54, 1.807) is 18.0 Å². The molecule has 0 radical (unpaired) electrons. The molecule has 0 spiro atoms. The predicted molar refractivity (Wildman–Crippen MR) is 150 cm³/mol. The number of carboxylic acids is 1. The molecule has 0 amide bonds. The van der Waals surface area contributed by atoms with E-state index in [4.69, 9.17) is 9.52 Å². The Morgan fingerprint density at radius 2 is 1.63 bits per heavy atom. The molecule has 4 rings (SSSR count). The molecule has 198 valence electrons. The molecule has 0 aliphatic carbocycles. The van der Waals surface area contributed by atoms with Crippen molar-refractivity contribution in [1.82, 2.24) is 4.31 Å². The fourth-order valence-corrected chi connectivity index (χ4v) is 5.99. The van der Waals surface area contributed by atoms with E-state index in [-0.39, 0.29) is 11.5 Å². The van der Waals surface area contributed by atoms with Crippen molar-refractivity contribution in [3.63, 3.8) is 0 Å². The zero-order valence-corrected chi connectivity index (χ0v) is 23.0. The zero-order chi connectivity index (χ0) is 27.2. The number of rotatable bonds is 11. The number of carbonyl (C=O) groups is 1. The van der Waals surface area contributed by atoms with E-state index in [0.29, 0.717) is 18.8 Å². The van der Waals surface area contributed by atoms with Crippen molar-refractivity contribution in [3.8, 4) is 11.1 Å². The summed E-state index contributed by atoms with van der Waals surface area (Å²) in [5.41, 5.74) is 6.65. The maximum absolute atomic E-state index is 13.1. The summed E-state index contributed by atoms with van der Waals surface area (Å²) in [6.45, 7) is 7.19. The van der Waals surface area contributed by atoms with E-state index in [9.17, 15) is 13.6 Å². The van der Waals surface area contributed by atoms with Gasteiger partial charge < -0.3 is 9.52 Å². The van der Waals surface area contributed by atoms with Crippen LogP contribution in [0.15, 0.2) is 87.0 Å². The van der Waals surface area contributed by atoms with Gasteiger partial charge in [0.15, 0.2) is 5.76 Å². The summed E-state index contributed by atoms with van der Waals surface area (Å²) >= 11 is 2.90. The minimum atomic E-state index is -2.64. The van der Waals surface area contributed by atoms with Crippen LogP contribution in [0.1, 0.15) is 40.2 Å². The average Bonchev–Trinajstić information content (AvgIpc) is 3.34. The van der Waals surface area contributed by atoms with Gasteiger partial charge in [-0.3, -0.25) is 4.79 Å². The van der Waals surface area contributed by atoms with Gasteiger partial charge in [0.1, 0.15) is 5.76 Å². The van der Waals surface area contributed by atoms with Crippen molar-refractivity contribution >= 4 is 29.7 Å². The van der Waals surface area contributed by atoms with Crippen molar-refractivity contribution in [3.05, 3.63) is 107 Å². The average molecular weight is 554 g/mol. The summed E-state index contributed by atoms with van der Waals surface area (Å²) < 4.78 is 33.7. The first-order chi connectivity index (χ1) is 18.2. The first kappa shape index (κ1) is 28.0. The molecular formula is C30H29F2NO3S2. The number of aryl methyl sites for hydroxylation is 3. The van der Waals surface area contributed by atoms with Gasteiger partial charge in [-0.15, -0.1) is 11.8 Å². The molecule has 8 heteroatoms. The Kier molecular flexibility index (Phi) is 9.31. The first-order valence-corrected chi connectivity index (χ1v) is 13.9. The number of benzene rings is 3. The summed E-state index contributed by atoms with van der Waals surface area (Å²) in [4.78, 5) is 12.9. The number of hydrogen-bond acceptors (Lipinski definition) is 5. The topological polar surface area (TPSA) is 53.7 Å². The molecule has 4 aromatic rings. The third-order valence-corrected chi connectivity index (χ3v) is 8.22. The number of thioether (sulfide) groups is 1. The van der Waals surface area contributed by atoms with Crippen LogP contribution in [0.25, 0.3) is 11.1 Å². The molecule has 1 heterocycles. The lowest BCUT2D eigenvalue weighted by molar-refractivity contribution is -0.133. The van der Waals surface area contributed by atoms with Crippen LogP contribution < -0.4 is 0 Å². The monoisotopic (exact) mass is 553 g/mol. The molecule has 0 unspecified atom stereocenters. The summed E-state index contributed by atoms with van der Waals surface area (Å²) in [6.07, 6.45) is -2.64. The van der Waals surface area contributed by atoms with Crippen molar-refractivity contribution < 1.29 is 23.1 Å². The summed E-state index contributed by atoms with van der Waals surface area (Å²) in [5, 5.41) is 8.95. The largest absolute Gasteiger partial charge is 0.481 e. The summed E-state index contributed by atoms with van der Waals surface area (Å²) in [5.74, 6) is -0.656. The standard InChI is InChI=1S/C30H29F2NO3S2/c1-19-13-20(2)29(21(3)14-19)38-33(17-25-11-12-27(36-25)30(31)32)16-22-7-9-23(10-8-22)24-5-4-6-26(15-24)37-18-28(34)35/h4-15,30H,16-18H2,1-3H3,(H,34,35). The zero-order valence-electron chi connectivity index (χ0n) is 21.4. The molecule has 0 fully saturated rings. The lowest BCUT2D eigenvalue weighted by Gasteiger charge is -2.23. The third kappa shape index (κ3) is 7.49. The molecule has 0 bridgehead atoms. The highest BCUT2D eigenvalue weighted by atomic mass is 32.2. The van der Waals surface area contributed by atoms with Gasteiger partial charge in [-0.1, -0.05) is 54.1 Å². The molecule has 38 heavy (non-hydrogen) atoms. The minimum Gasteiger partial charge on any atom is -0.481 e. The van der Waals surface area contributed by atoms with Gasteiger partial charge in [0.25, 0.3) is 6.43 Å². The lowest BCUT2D eigenvalue weighted by atomic mass is 10.0. The Morgan fingerprint density at radius 3 is 2.26 bits per heavy atom. The number of halogens is 2. The molecule has 0 saturated carbocycles. The molecule has 0 aliphatic rings. The number of carboxylic acid groups (broad SMARTS) is 1. The Labute approximate surface area is 230 Å². The SMILES string of the molecule is Cc1cc(C)c(SN(Cc2ccc(-c3cccc(SCC(=O)O)c3)cc2)Cc2ccc(C(F)F)o2)c(C)c1. The minimum absolute atomic E-state index is 0.0182. The predicted octanol–water partition coefficient (Wildman–Crippen LogP) is 8.70. The van der Waals surface area contributed by atoms with E-state index in [1.807, 2.05) is 36.4 Å². The number of furan rings is 1. The van der Waals surface area contributed by atoms with Crippen LogP contribution in [0.2, 0.25) is 0 Å². The number of alkyl halides is 2. The van der Waals surface area contributed by atoms with Crippen LogP contribution in [0.5, 0.6) is 0 Å². The highest BCUT2D eigenvalue weighted by Gasteiger charge is 2.18. The van der Waals surface area contributed by atoms with E-state index >= 15 is 0 Å². The van der Waals surface area contributed by atoms with Gasteiger partial charge in [0.2, 0.25) is 0 Å². The van der Waals surface area contributed by atoms with E-state index < -0.39 is 12.4 Å². The number of nitrogens with zero attached hydrogens (tertiary/aromatic N) is 1. The Bertz CT molecular complexity index is 1380. The van der Waals surface area contributed by atoms with Gasteiger partial charge >= 0.3 is 5.97 Å². The summed E-state index contributed by atoms with van der Waals surface area (Å²) in [7, 11) is 0. The van der Waals surface area contributed by atoms with E-state index in [1.165, 1.54) is 34.5 Å². The molecule has 0 aliphatic heterocycles. The van der Waals surface area contributed by atoms with Gasteiger partial charge in [-0.25, -0.2) is 13.1 Å². The van der Waals surface area contributed by atoms with Crippen molar-refractivity contribution in [2.24, 2.45) is 0 Å². The van der Waals surface area contributed by atoms with E-state index in [0.717, 1.165) is 26.5 Å². The van der Waals surface area contributed by atoms with Crippen molar-refractivity contribution in [2.75, 3.05) is 5.75 Å². The normalized spacial score (nSPS) is 11.4. The second-order valence-corrected chi connectivity index (χ2v) is 11.3. The quantitative estimate of drug-likeness (QED) is 0.148. The second kappa shape index (κ2) is 12.7.